The first-order valence-corrected chi connectivity index (χ1v) is 8.48. The van der Waals surface area contributed by atoms with Crippen LogP contribution in [0.5, 0.6) is 0 Å². The number of halogens is 1. The highest BCUT2D eigenvalue weighted by atomic mass is 79.9. The van der Waals surface area contributed by atoms with E-state index in [2.05, 4.69) is 31.4 Å². The van der Waals surface area contributed by atoms with E-state index in [1.807, 2.05) is 29.2 Å². The van der Waals surface area contributed by atoms with Gasteiger partial charge in [0.15, 0.2) is 5.82 Å². The standard InChI is InChI=1S/C16H19BrN4O2/c1-11-19-15(23-20-11)13-3-2-8-21(10-13)16(22)18-9-12-4-6-14(17)7-5-12/h4-7,13H,2-3,8-10H2,1H3,(H,18,22). The number of hydrogen-bond acceptors (Lipinski definition) is 4. The Labute approximate surface area is 143 Å². The summed E-state index contributed by atoms with van der Waals surface area (Å²) in [5, 5.41) is 6.81. The van der Waals surface area contributed by atoms with Gasteiger partial charge in [0, 0.05) is 24.1 Å². The van der Waals surface area contributed by atoms with Crippen molar-refractivity contribution in [2.75, 3.05) is 13.1 Å². The molecule has 3 rings (SSSR count). The van der Waals surface area contributed by atoms with E-state index in [9.17, 15) is 4.79 Å². The van der Waals surface area contributed by atoms with Crippen LogP contribution in [0.2, 0.25) is 0 Å². The molecule has 122 valence electrons. The molecule has 1 unspecified atom stereocenters. The summed E-state index contributed by atoms with van der Waals surface area (Å²) in [5.41, 5.74) is 1.07. The van der Waals surface area contributed by atoms with Gasteiger partial charge in [0.1, 0.15) is 0 Å². The molecule has 1 saturated heterocycles. The molecule has 1 aliphatic rings. The molecule has 0 saturated carbocycles. The van der Waals surface area contributed by atoms with Crippen LogP contribution in [0.15, 0.2) is 33.3 Å². The van der Waals surface area contributed by atoms with Crippen LogP contribution in [0.4, 0.5) is 4.79 Å². The molecule has 23 heavy (non-hydrogen) atoms. The number of carbonyl (C=O) groups excluding carboxylic acids is 1. The lowest BCUT2D eigenvalue weighted by Crippen LogP contribution is -2.44. The molecule has 1 aromatic heterocycles. The van der Waals surface area contributed by atoms with Gasteiger partial charge < -0.3 is 14.7 Å². The van der Waals surface area contributed by atoms with Crippen LogP contribution in [0.25, 0.3) is 0 Å². The minimum atomic E-state index is -0.0474. The smallest absolute Gasteiger partial charge is 0.317 e. The zero-order valence-electron chi connectivity index (χ0n) is 13.0. The molecular formula is C16H19BrN4O2. The molecule has 0 spiro atoms. The average Bonchev–Trinajstić information content (AvgIpc) is 3.01. The minimum Gasteiger partial charge on any atom is -0.339 e. The fourth-order valence-corrected chi connectivity index (χ4v) is 3.00. The van der Waals surface area contributed by atoms with Gasteiger partial charge in [-0.1, -0.05) is 33.2 Å². The van der Waals surface area contributed by atoms with Gasteiger partial charge in [-0.3, -0.25) is 0 Å². The third kappa shape index (κ3) is 4.10. The summed E-state index contributed by atoms with van der Waals surface area (Å²) in [6, 6.07) is 7.87. The Hall–Kier alpha value is -1.89. The highest BCUT2D eigenvalue weighted by Crippen LogP contribution is 2.25. The lowest BCUT2D eigenvalue weighted by molar-refractivity contribution is 0.171. The molecule has 1 N–H and O–H groups in total. The Balaban J connectivity index is 1.55. The molecular weight excluding hydrogens is 360 g/mol. The van der Waals surface area contributed by atoms with Gasteiger partial charge in [-0.2, -0.15) is 4.98 Å². The second kappa shape index (κ2) is 7.12. The zero-order valence-corrected chi connectivity index (χ0v) is 14.5. The van der Waals surface area contributed by atoms with Crippen LogP contribution in [0.1, 0.15) is 36.0 Å². The van der Waals surface area contributed by atoms with Crippen LogP contribution in [-0.2, 0) is 6.54 Å². The summed E-state index contributed by atoms with van der Waals surface area (Å²) in [5.74, 6) is 1.40. The molecule has 0 aliphatic carbocycles. The molecule has 1 aromatic carbocycles. The van der Waals surface area contributed by atoms with E-state index in [-0.39, 0.29) is 11.9 Å². The van der Waals surface area contributed by atoms with Gasteiger partial charge in [0.05, 0.1) is 5.92 Å². The molecule has 0 bridgehead atoms. The number of piperidine rings is 1. The van der Waals surface area contributed by atoms with E-state index in [4.69, 9.17) is 4.52 Å². The first kappa shape index (κ1) is 16.0. The van der Waals surface area contributed by atoms with E-state index in [0.717, 1.165) is 29.4 Å². The Morgan fingerprint density at radius 2 is 2.22 bits per heavy atom. The van der Waals surface area contributed by atoms with Crippen molar-refractivity contribution < 1.29 is 9.32 Å². The number of aromatic nitrogens is 2. The predicted molar refractivity (Wildman–Crippen MR) is 89.0 cm³/mol. The first-order valence-electron chi connectivity index (χ1n) is 7.69. The van der Waals surface area contributed by atoms with E-state index >= 15 is 0 Å². The van der Waals surface area contributed by atoms with Crippen molar-refractivity contribution in [1.29, 1.82) is 0 Å². The third-order valence-electron chi connectivity index (χ3n) is 3.96. The molecule has 1 fully saturated rings. The lowest BCUT2D eigenvalue weighted by atomic mass is 9.98. The quantitative estimate of drug-likeness (QED) is 0.889. The van der Waals surface area contributed by atoms with Gasteiger partial charge in [-0.05, 0) is 37.5 Å². The SMILES string of the molecule is Cc1noc(C2CCCN(C(=O)NCc3ccc(Br)cc3)C2)n1. The van der Waals surface area contributed by atoms with E-state index in [1.54, 1.807) is 6.92 Å². The van der Waals surface area contributed by atoms with Crippen molar-refractivity contribution in [3.8, 4) is 0 Å². The second-order valence-electron chi connectivity index (χ2n) is 5.75. The maximum absolute atomic E-state index is 12.4. The number of nitrogens with zero attached hydrogens (tertiary/aromatic N) is 3. The van der Waals surface area contributed by atoms with E-state index in [0.29, 0.717) is 24.8 Å². The number of benzene rings is 1. The Bertz CT molecular complexity index is 671. The van der Waals surface area contributed by atoms with Crippen molar-refractivity contribution in [2.45, 2.75) is 32.2 Å². The van der Waals surface area contributed by atoms with Gasteiger partial charge in [-0.15, -0.1) is 0 Å². The second-order valence-corrected chi connectivity index (χ2v) is 6.67. The number of aryl methyl sites for hydroxylation is 1. The number of urea groups is 1. The lowest BCUT2D eigenvalue weighted by Gasteiger charge is -2.31. The topological polar surface area (TPSA) is 71.3 Å². The van der Waals surface area contributed by atoms with Crippen LogP contribution in [0.3, 0.4) is 0 Å². The van der Waals surface area contributed by atoms with Crippen molar-refractivity contribution in [2.24, 2.45) is 0 Å². The molecule has 1 atom stereocenters. The minimum absolute atomic E-state index is 0.0474. The summed E-state index contributed by atoms with van der Waals surface area (Å²) in [6.07, 6.45) is 1.91. The van der Waals surface area contributed by atoms with Gasteiger partial charge in [-0.25, -0.2) is 4.79 Å². The normalized spacial score (nSPS) is 18.0. The Kier molecular flexibility index (Phi) is 4.95. The highest BCUT2D eigenvalue weighted by Gasteiger charge is 2.28. The number of amides is 2. The van der Waals surface area contributed by atoms with Crippen molar-refractivity contribution in [3.05, 3.63) is 46.0 Å². The van der Waals surface area contributed by atoms with Crippen LogP contribution < -0.4 is 5.32 Å². The largest absolute Gasteiger partial charge is 0.339 e. The maximum Gasteiger partial charge on any atom is 0.317 e. The number of rotatable bonds is 3. The fourth-order valence-electron chi connectivity index (χ4n) is 2.73. The monoisotopic (exact) mass is 378 g/mol. The molecule has 2 aromatic rings. The number of carbonyl (C=O) groups is 1. The number of hydrogen-bond donors (Lipinski definition) is 1. The van der Waals surface area contributed by atoms with Crippen molar-refractivity contribution >= 4 is 22.0 Å². The molecule has 2 amide bonds. The highest BCUT2D eigenvalue weighted by molar-refractivity contribution is 9.10. The van der Waals surface area contributed by atoms with Crippen molar-refractivity contribution in [1.82, 2.24) is 20.4 Å². The Morgan fingerprint density at radius 3 is 2.91 bits per heavy atom. The third-order valence-corrected chi connectivity index (χ3v) is 4.49. The number of nitrogens with one attached hydrogen (secondary N) is 1. The fraction of sp³-hybridized carbons (Fsp3) is 0.438. The molecule has 7 heteroatoms. The molecule has 1 aliphatic heterocycles. The van der Waals surface area contributed by atoms with Crippen molar-refractivity contribution in [3.63, 3.8) is 0 Å². The summed E-state index contributed by atoms with van der Waals surface area (Å²) in [4.78, 5) is 18.5. The summed E-state index contributed by atoms with van der Waals surface area (Å²) in [6.45, 7) is 3.70. The predicted octanol–water partition coefficient (Wildman–Crippen LogP) is 3.23. The van der Waals surface area contributed by atoms with Crippen LogP contribution >= 0.6 is 15.9 Å². The maximum atomic E-state index is 12.4. The Morgan fingerprint density at radius 1 is 1.43 bits per heavy atom. The van der Waals surface area contributed by atoms with Gasteiger partial charge in [0.2, 0.25) is 5.89 Å². The first-order chi connectivity index (χ1) is 11.1. The summed E-state index contributed by atoms with van der Waals surface area (Å²) < 4.78 is 6.28. The number of likely N-dealkylation sites (tertiary alicyclic amines) is 1. The molecule has 0 radical (unpaired) electrons. The summed E-state index contributed by atoms with van der Waals surface area (Å²) in [7, 11) is 0. The summed E-state index contributed by atoms with van der Waals surface area (Å²) >= 11 is 3.40. The molecule has 6 nitrogen and oxygen atoms in total. The van der Waals surface area contributed by atoms with Crippen LogP contribution in [0, 0.1) is 6.92 Å². The van der Waals surface area contributed by atoms with Crippen LogP contribution in [-0.4, -0.2) is 34.2 Å². The van der Waals surface area contributed by atoms with Gasteiger partial charge in [0.25, 0.3) is 0 Å². The van der Waals surface area contributed by atoms with E-state index in [1.165, 1.54) is 0 Å². The zero-order chi connectivity index (χ0) is 16.2. The average molecular weight is 379 g/mol. The van der Waals surface area contributed by atoms with E-state index < -0.39 is 0 Å². The van der Waals surface area contributed by atoms with Gasteiger partial charge >= 0.3 is 6.03 Å². The molecule has 2 heterocycles.